The molecule has 158 valence electrons. The lowest BCUT2D eigenvalue weighted by Crippen LogP contribution is -1.97. The van der Waals surface area contributed by atoms with Crippen LogP contribution in [0.25, 0.3) is 11.1 Å². The first kappa shape index (κ1) is 22.0. The van der Waals surface area contributed by atoms with E-state index in [1.807, 2.05) is 18.2 Å². The van der Waals surface area contributed by atoms with Crippen molar-refractivity contribution in [3.63, 3.8) is 0 Å². The summed E-state index contributed by atoms with van der Waals surface area (Å²) in [6, 6.07) is 22.0. The molecule has 0 saturated carbocycles. The van der Waals surface area contributed by atoms with E-state index in [1.54, 1.807) is 12.1 Å². The summed E-state index contributed by atoms with van der Waals surface area (Å²) < 4.78 is 11.2. The lowest BCUT2D eigenvalue weighted by Gasteiger charge is -2.08. The Bertz CT molecular complexity index is 1130. The fourth-order valence-electron chi connectivity index (χ4n) is 2.91. The smallest absolute Gasteiger partial charge is 0.276 e. The van der Waals surface area contributed by atoms with Crippen molar-refractivity contribution >= 4 is 46.6 Å². The minimum Gasteiger partial charge on any atom is -0.481 e. The molecule has 0 unspecified atom stereocenters. The molecular weight excluding hydrogens is 475 g/mol. The molecule has 0 saturated heterocycles. The van der Waals surface area contributed by atoms with Gasteiger partial charge in [-0.05, 0) is 35.2 Å². The highest BCUT2D eigenvalue weighted by molar-refractivity contribution is 7.99. The number of aromatic nitrogens is 2. The van der Waals surface area contributed by atoms with Crippen molar-refractivity contribution in [2.45, 2.75) is 18.3 Å². The molecular formula is C23H17Cl3N2O2S. The van der Waals surface area contributed by atoms with Crippen molar-refractivity contribution < 1.29 is 9.15 Å². The van der Waals surface area contributed by atoms with E-state index in [9.17, 15) is 0 Å². The van der Waals surface area contributed by atoms with Crippen LogP contribution in [-0.2, 0) is 13.0 Å². The van der Waals surface area contributed by atoms with Gasteiger partial charge in [-0.15, -0.1) is 10.2 Å². The second kappa shape index (κ2) is 10.4. The zero-order valence-electron chi connectivity index (χ0n) is 16.2. The molecule has 4 nitrogen and oxygen atoms in total. The number of benzene rings is 3. The second-order valence-electron chi connectivity index (χ2n) is 6.61. The van der Waals surface area contributed by atoms with Crippen molar-refractivity contribution in [2.75, 3.05) is 5.75 Å². The van der Waals surface area contributed by atoms with Crippen LogP contribution in [0.4, 0.5) is 0 Å². The Kier molecular flexibility index (Phi) is 7.41. The average Bonchev–Trinajstić information content (AvgIpc) is 3.22. The summed E-state index contributed by atoms with van der Waals surface area (Å²) in [5.41, 5.74) is 3.67. The number of nitrogens with zero attached hydrogens (tertiary/aromatic N) is 2. The third-order valence-electron chi connectivity index (χ3n) is 4.43. The van der Waals surface area contributed by atoms with E-state index in [0.29, 0.717) is 31.9 Å². The van der Waals surface area contributed by atoms with E-state index in [2.05, 4.69) is 46.6 Å². The summed E-state index contributed by atoms with van der Waals surface area (Å²) in [7, 11) is 0. The van der Waals surface area contributed by atoms with E-state index < -0.39 is 0 Å². The number of rotatable bonds is 8. The maximum absolute atomic E-state index is 6.11. The number of hydrogen-bond donors (Lipinski definition) is 0. The predicted octanol–water partition coefficient (Wildman–Crippen LogP) is 7.61. The number of thioether (sulfide) groups is 1. The molecule has 0 atom stereocenters. The fourth-order valence-corrected chi connectivity index (χ4v) is 4.60. The Morgan fingerprint density at radius 2 is 1.52 bits per heavy atom. The lowest BCUT2D eigenvalue weighted by molar-refractivity contribution is 0.252. The minimum absolute atomic E-state index is 0.0651. The molecule has 4 aromatic rings. The van der Waals surface area contributed by atoms with Gasteiger partial charge in [0.2, 0.25) is 0 Å². The number of ether oxygens (including phenoxy) is 1. The Morgan fingerprint density at radius 1 is 0.839 bits per heavy atom. The standard InChI is InChI=1S/C23H17Cl3N2O2S/c24-18-12-19(25)22(20(26)13-18)29-14-21-27-28-23(30-21)31-11-10-15-6-8-17(9-7-15)16-4-2-1-3-5-16/h1-9,12-13H,10-11,14H2. The molecule has 8 heteroatoms. The van der Waals surface area contributed by atoms with Crippen LogP contribution in [0.3, 0.4) is 0 Å². The Morgan fingerprint density at radius 3 is 2.23 bits per heavy atom. The molecule has 1 heterocycles. The zero-order chi connectivity index (χ0) is 21.6. The fraction of sp³-hybridized carbons (Fsp3) is 0.130. The van der Waals surface area contributed by atoms with E-state index in [0.717, 1.165) is 12.2 Å². The van der Waals surface area contributed by atoms with Gasteiger partial charge in [0.15, 0.2) is 12.4 Å². The van der Waals surface area contributed by atoms with Crippen LogP contribution >= 0.6 is 46.6 Å². The van der Waals surface area contributed by atoms with Gasteiger partial charge in [0.25, 0.3) is 11.1 Å². The summed E-state index contributed by atoms with van der Waals surface area (Å²) in [6.45, 7) is 0.0651. The highest BCUT2D eigenvalue weighted by atomic mass is 35.5. The second-order valence-corrected chi connectivity index (χ2v) is 8.91. The molecule has 0 amide bonds. The Hall–Kier alpha value is -2.18. The maximum Gasteiger partial charge on any atom is 0.276 e. The lowest BCUT2D eigenvalue weighted by atomic mass is 10.0. The van der Waals surface area contributed by atoms with Crippen molar-refractivity contribution in [3.05, 3.63) is 93.3 Å². The molecule has 0 aliphatic rings. The van der Waals surface area contributed by atoms with Crippen molar-refractivity contribution in [3.8, 4) is 16.9 Å². The van der Waals surface area contributed by atoms with Gasteiger partial charge in [0, 0.05) is 10.8 Å². The first-order valence-electron chi connectivity index (χ1n) is 9.45. The number of hydrogen-bond acceptors (Lipinski definition) is 5. The maximum atomic E-state index is 6.11. The predicted molar refractivity (Wildman–Crippen MR) is 126 cm³/mol. The van der Waals surface area contributed by atoms with E-state index in [-0.39, 0.29) is 6.61 Å². The molecule has 0 bridgehead atoms. The van der Waals surface area contributed by atoms with Crippen LogP contribution in [-0.4, -0.2) is 16.0 Å². The third-order valence-corrected chi connectivity index (χ3v) is 6.03. The highest BCUT2D eigenvalue weighted by Crippen LogP contribution is 2.36. The van der Waals surface area contributed by atoms with Gasteiger partial charge in [-0.2, -0.15) is 0 Å². The van der Waals surface area contributed by atoms with Gasteiger partial charge in [-0.3, -0.25) is 0 Å². The van der Waals surface area contributed by atoms with Crippen LogP contribution in [0.2, 0.25) is 15.1 Å². The van der Waals surface area contributed by atoms with Gasteiger partial charge in [0.1, 0.15) is 0 Å². The molecule has 0 aliphatic heterocycles. The quantitative estimate of drug-likeness (QED) is 0.237. The molecule has 0 spiro atoms. The molecule has 3 aromatic carbocycles. The van der Waals surface area contributed by atoms with E-state index >= 15 is 0 Å². The van der Waals surface area contributed by atoms with Crippen LogP contribution < -0.4 is 4.74 Å². The molecule has 4 rings (SSSR count). The monoisotopic (exact) mass is 490 g/mol. The van der Waals surface area contributed by atoms with Gasteiger partial charge in [0.05, 0.1) is 10.0 Å². The van der Waals surface area contributed by atoms with E-state index in [4.69, 9.17) is 44.0 Å². The summed E-state index contributed by atoms with van der Waals surface area (Å²) in [4.78, 5) is 0. The van der Waals surface area contributed by atoms with Crippen LogP contribution in [0, 0.1) is 0 Å². The topological polar surface area (TPSA) is 48.2 Å². The molecule has 0 aliphatic carbocycles. The zero-order valence-corrected chi connectivity index (χ0v) is 19.3. The molecule has 1 aromatic heterocycles. The molecule has 0 N–H and O–H groups in total. The molecule has 0 fully saturated rings. The minimum atomic E-state index is 0.0651. The van der Waals surface area contributed by atoms with Gasteiger partial charge < -0.3 is 9.15 Å². The first-order valence-corrected chi connectivity index (χ1v) is 11.6. The average molecular weight is 492 g/mol. The summed E-state index contributed by atoms with van der Waals surface area (Å²) in [6.07, 6.45) is 0.893. The van der Waals surface area contributed by atoms with Crippen LogP contribution in [0.15, 0.2) is 76.4 Å². The third kappa shape index (κ3) is 5.95. The van der Waals surface area contributed by atoms with Crippen molar-refractivity contribution in [1.82, 2.24) is 10.2 Å². The first-order chi connectivity index (χ1) is 15.1. The summed E-state index contributed by atoms with van der Waals surface area (Å²) >= 11 is 19.6. The van der Waals surface area contributed by atoms with E-state index in [1.165, 1.54) is 28.5 Å². The Labute approximate surface area is 199 Å². The van der Waals surface area contributed by atoms with Gasteiger partial charge >= 0.3 is 0 Å². The van der Waals surface area contributed by atoms with Crippen LogP contribution in [0.1, 0.15) is 11.5 Å². The Balaban J connectivity index is 1.27. The molecule has 0 radical (unpaired) electrons. The number of aryl methyl sites for hydroxylation is 1. The van der Waals surface area contributed by atoms with Crippen LogP contribution in [0.5, 0.6) is 5.75 Å². The number of halogens is 3. The summed E-state index contributed by atoms with van der Waals surface area (Å²) in [5, 5.41) is 9.64. The molecule has 31 heavy (non-hydrogen) atoms. The van der Waals surface area contributed by atoms with Crippen molar-refractivity contribution in [2.24, 2.45) is 0 Å². The van der Waals surface area contributed by atoms with Gasteiger partial charge in [-0.1, -0.05) is 101 Å². The highest BCUT2D eigenvalue weighted by Gasteiger charge is 2.12. The van der Waals surface area contributed by atoms with Crippen molar-refractivity contribution in [1.29, 1.82) is 0 Å². The summed E-state index contributed by atoms with van der Waals surface area (Å²) in [5.74, 6) is 1.50. The van der Waals surface area contributed by atoms with Gasteiger partial charge in [-0.25, -0.2) is 0 Å². The normalized spacial score (nSPS) is 10.9. The largest absolute Gasteiger partial charge is 0.481 e. The SMILES string of the molecule is Clc1cc(Cl)c(OCc2nnc(SCCc3ccc(-c4ccccc4)cc3)o2)c(Cl)c1.